The van der Waals surface area contributed by atoms with Gasteiger partial charge < -0.3 is 15.0 Å². The van der Waals surface area contributed by atoms with E-state index in [0.717, 1.165) is 6.07 Å². The Morgan fingerprint density at radius 2 is 2.12 bits per heavy atom. The fraction of sp³-hybridized carbons (Fsp3) is 0.375. The first-order valence-electron chi connectivity index (χ1n) is 7.91. The predicted molar refractivity (Wildman–Crippen MR) is 90.3 cm³/mol. The molecule has 0 spiro atoms. The van der Waals surface area contributed by atoms with Gasteiger partial charge in [-0.05, 0) is 12.1 Å². The van der Waals surface area contributed by atoms with E-state index in [2.05, 4.69) is 20.3 Å². The normalized spacial score (nSPS) is 14.5. The van der Waals surface area contributed by atoms with Gasteiger partial charge in [0.2, 0.25) is 0 Å². The van der Waals surface area contributed by atoms with Gasteiger partial charge in [-0.3, -0.25) is 4.79 Å². The molecule has 0 saturated carbocycles. The molecule has 0 radical (unpaired) electrons. The number of morpholine rings is 1. The smallest absolute Gasteiger partial charge is 0.280 e. The van der Waals surface area contributed by atoms with E-state index in [9.17, 15) is 13.6 Å². The Labute approximate surface area is 153 Å². The largest absolute Gasteiger partial charge is 0.378 e. The van der Waals surface area contributed by atoms with E-state index < -0.39 is 6.43 Å². The summed E-state index contributed by atoms with van der Waals surface area (Å²) in [6.07, 6.45) is 0.0246. The molecule has 0 unspecified atom stereocenters. The highest BCUT2D eigenvalue weighted by molar-refractivity contribution is 6.33. The van der Waals surface area contributed by atoms with Crippen LogP contribution in [0, 0.1) is 0 Å². The summed E-state index contributed by atoms with van der Waals surface area (Å²) in [4.78, 5) is 25.9. The molecule has 10 heteroatoms. The van der Waals surface area contributed by atoms with Gasteiger partial charge in [-0.25, -0.2) is 23.7 Å². The molecule has 2 aromatic heterocycles. The molecule has 26 heavy (non-hydrogen) atoms. The molecular formula is C16H16ClF2N5O2. The van der Waals surface area contributed by atoms with E-state index in [1.165, 1.54) is 18.5 Å². The average Bonchev–Trinajstić information content (AvgIpc) is 2.67. The molecule has 3 rings (SSSR count). The zero-order chi connectivity index (χ0) is 18.5. The zero-order valence-corrected chi connectivity index (χ0v) is 14.4. The summed E-state index contributed by atoms with van der Waals surface area (Å²) in [5, 5.41) is 3.13. The molecule has 1 aliphatic heterocycles. The number of amides is 1. The Morgan fingerprint density at radius 1 is 1.35 bits per heavy atom. The van der Waals surface area contributed by atoms with Crippen LogP contribution in [0.4, 0.5) is 14.6 Å². The van der Waals surface area contributed by atoms with Crippen molar-refractivity contribution in [1.29, 1.82) is 0 Å². The predicted octanol–water partition coefficient (Wildman–Crippen LogP) is 2.55. The second kappa shape index (κ2) is 8.33. The van der Waals surface area contributed by atoms with Crippen LogP contribution < -0.4 is 5.32 Å². The van der Waals surface area contributed by atoms with Crippen molar-refractivity contribution >= 4 is 23.3 Å². The summed E-state index contributed by atoms with van der Waals surface area (Å²) < 4.78 is 30.5. The summed E-state index contributed by atoms with van der Waals surface area (Å²) in [6, 6.07) is 2.68. The quantitative estimate of drug-likeness (QED) is 0.854. The molecule has 1 saturated heterocycles. The van der Waals surface area contributed by atoms with Crippen LogP contribution in [-0.4, -0.2) is 52.1 Å². The fourth-order valence-corrected chi connectivity index (χ4v) is 2.65. The van der Waals surface area contributed by atoms with E-state index in [1.807, 2.05) is 0 Å². The number of ether oxygens (including phenoxy) is 1. The van der Waals surface area contributed by atoms with Crippen LogP contribution in [0.25, 0.3) is 0 Å². The molecule has 0 bridgehead atoms. The number of aromatic nitrogens is 3. The molecule has 1 fully saturated rings. The van der Waals surface area contributed by atoms with Gasteiger partial charge in [0.25, 0.3) is 12.3 Å². The van der Waals surface area contributed by atoms with E-state index in [0.29, 0.717) is 37.7 Å². The highest BCUT2D eigenvalue weighted by Gasteiger charge is 2.20. The molecule has 0 atom stereocenters. The monoisotopic (exact) mass is 383 g/mol. The molecule has 1 N–H and O–H groups in total. The maximum Gasteiger partial charge on any atom is 0.280 e. The van der Waals surface area contributed by atoms with Crippen LogP contribution in [0.1, 0.15) is 28.3 Å². The van der Waals surface area contributed by atoms with Crippen LogP contribution in [0.2, 0.25) is 5.02 Å². The maximum atomic E-state index is 12.7. The van der Waals surface area contributed by atoms with E-state index >= 15 is 0 Å². The van der Waals surface area contributed by atoms with Crippen molar-refractivity contribution in [2.45, 2.75) is 13.0 Å². The van der Waals surface area contributed by atoms with E-state index in [4.69, 9.17) is 16.3 Å². The third-order valence-electron chi connectivity index (χ3n) is 3.75. The van der Waals surface area contributed by atoms with Gasteiger partial charge in [-0.1, -0.05) is 11.6 Å². The number of nitrogens with zero attached hydrogens (tertiary/aromatic N) is 4. The highest BCUT2D eigenvalue weighted by Crippen LogP contribution is 2.22. The van der Waals surface area contributed by atoms with Gasteiger partial charge in [-0.2, -0.15) is 0 Å². The number of carbonyl (C=O) groups excluding carboxylic acids is 1. The molecule has 1 amide bonds. The van der Waals surface area contributed by atoms with Gasteiger partial charge in [0.1, 0.15) is 17.3 Å². The Hall–Kier alpha value is -2.39. The van der Waals surface area contributed by atoms with Crippen LogP contribution in [0.5, 0.6) is 0 Å². The van der Waals surface area contributed by atoms with E-state index in [1.54, 1.807) is 4.90 Å². The lowest BCUT2D eigenvalue weighted by Gasteiger charge is -2.26. The molecule has 1 aliphatic rings. The topological polar surface area (TPSA) is 80.2 Å². The Kier molecular flexibility index (Phi) is 5.89. The second-order valence-corrected chi connectivity index (χ2v) is 5.92. The number of alkyl halides is 2. The first-order valence-corrected chi connectivity index (χ1v) is 8.29. The van der Waals surface area contributed by atoms with Gasteiger partial charge >= 0.3 is 0 Å². The van der Waals surface area contributed by atoms with Crippen molar-refractivity contribution in [2.24, 2.45) is 0 Å². The summed E-state index contributed by atoms with van der Waals surface area (Å²) in [5.41, 5.74) is 0.0284. The van der Waals surface area contributed by atoms with Crippen LogP contribution in [-0.2, 0) is 11.3 Å². The number of hydrogen-bond donors (Lipinski definition) is 1. The van der Waals surface area contributed by atoms with Crippen molar-refractivity contribution in [3.63, 3.8) is 0 Å². The molecule has 0 aliphatic carbocycles. The van der Waals surface area contributed by atoms with Gasteiger partial charge in [0.05, 0.1) is 30.3 Å². The molecule has 7 nitrogen and oxygen atoms in total. The van der Waals surface area contributed by atoms with E-state index in [-0.39, 0.29) is 29.0 Å². The molecular weight excluding hydrogens is 368 g/mol. The van der Waals surface area contributed by atoms with Gasteiger partial charge in [0, 0.05) is 25.5 Å². The number of hydrogen-bond acceptors (Lipinski definition) is 6. The molecule has 0 aromatic carbocycles. The van der Waals surface area contributed by atoms with Crippen LogP contribution in [0.15, 0.2) is 24.5 Å². The number of pyridine rings is 1. The fourth-order valence-electron chi connectivity index (χ4n) is 2.42. The van der Waals surface area contributed by atoms with Crippen molar-refractivity contribution in [3.05, 3.63) is 46.6 Å². The van der Waals surface area contributed by atoms with Crippen molar-refractivity contribution in [2.75, 3.05) is 31.6 Å². The number of anilines is 1. The van der Waals surface area contributed by atoms with Crippen molar-refractivity contribution < 1.29 is 18.3 Å². The minimum Gasteiger partial charge on any atom is -0.378 e. The average molecular weight is 384 g/mol. The Morgan fingerprint density at radius 3 is 2.81 bits per heavy atom. The summed E-state index contributed by atoms with van der Waals surface area (Å²) in [5.74, 6) is 0.340. The number of nitrogens with one attached hydrogen (secondary N) is 1. The zero-order valence-electron chi connectivity index (χ0n) is 13.7. The molecule has 2 aromatic rings. The standard InChI is InChI=1S/C16H16ClF2N5O2/c17-11-7-10(16(25)24-3-5-26-6-4-24)8-21-15(11)22-9-13-20-2-1-12(23-13)14(18)19/h1-2,7-8,14H,3-6,9H2,(H,21,22). The number of carbonyl (C=O) groups is 1. The third-order valence-corrected chi connectivity index (χ3v) is 4.04. The van der Waals surface area contributed by atoms with Crippen molar-refractivity contribution in [3.8, 4) is 0 Å². The number of rotatable bonds is 5. The Balaban J connectivity index is 1.66. The summed E-state index contributed by atoms with van der Waals surface area (Å²) in [6.45, 7) is 2.13. The summed E-state index contributed by atoms with van der Waals surface area (Å²) in [7, 11) is 0. The molecule has 3 heterocycles. The summed E-state index contributed by atoms with van der Waals surface area (Å²) >= 11 is 6.18. The Bertz CT molecular complexity index is 787. The second-order valence-electron chi connectivity index (χ2n) is 5.51. The first kappa shape index (κ1) is 18.4. The van der Waals surface area contributed by atoms with Crippen LogP contribution in [0.3, 0.4) is 0 Å². The lowest BCUT2D eigenvalue weighted by atomic mass is 10.2. The SMILES string of the molecule is O=C(c1cnc(NCc2nccc(C(F)F)n2)c(Cl)c1)N1CCOCC1. The van der Waals surface area contributed by atoms with Crippen LogP contribution >= 0.6 is 11.6 Å². The maximum absolute atomic E-state index is 12.7. The van der Waals surface area contributed by atoms with Gasteiger partial charge in [-0.15, -0.1) is 0 Å². The highest BCUT2D eigenvalue weighted by atomic mass is 35.5. The lowest BCUT2D eigenvalue weighted by Crippen LogP contribution is -2.40. The number of halogens is 3. The molecule has 138 valence electrons. The van der Waals surface area contributed by atoms with Gasteiger partial charge in [0.15, 0.2) is 0 Å². The third kappa shape index (κ3) is 4.41. The minimum absolute atomic E-state index is 0.0734. The lowest BCUT2D eigenvalue weighted by molar-refractivity contribution is 0.0302. The van der Waals surface area contributed by atoms with Crippen molar-refractivity contribution in [1.82, 2.24) is 19.9 Å². The first-order chi connectivity index (χ1) is 12.5. The minimum atomic E-state index is -2.66.